The van der Waals surface area contributed by atoms with Gasteiger partial charge in [-0.3, -0.25) is 4.79 Å². The summed E-state index contributed by atoms with van der Waals surface area (Å²) in [4.78, 5) is 18.2. The molecule has 2 aromatic heterocycles. The Balaban J connectivity index is 1.83. The lowest BCUT2D eigenvalue weighted by atomic mass is 10.2. The molecule has 20 heavy (non-hydrogen) atoms. The van der Waals surface area contributed by atoms with E-state index in [1.807, 2.05) is 0 Å². The van der Waals surface area contributed by atoms with Crippen molar-refractivity contribution in [3.05, 3.63) is 27.6 Å². The van der Waals surface area contributed by atoms with E-state index in [0.29, 0.717) is 42.7 Å². The predicted octanol–water partition coefficient (Wildman–Crippen LogP) is 1.55. The maximum absolute atomic E-state index is 12.2. The first-order chi connectivity index (χ1) is 9.65. The zero-order chi connectivity index (χ0) is 14.1. The second-order valence-electron chi connectivity index (χ2n) is 4.47. The van der Waals surface area contributed by atoms with Crippen molar-refractivity contribution in [2.24, 2.45) is 0 Å². The number of aromatic nitrogens is 3. The number of hydrogen-bond acceptors (Lipinski definition) is 4. The lowest BCUT2D eigenvalue weighted by molar-refractivity contribution is -0.134. The van der Waals surface area contributed by atoms with Gasteiger partial charge in [-0.15, -0.1) is 0 Å². The van der Waals surface area contributed by atoms with Gasteiger partial charge in [-0.1, -0.05) is 11.6 Å². The van der Waals surface area contributed by atoms with E-state index in [2.05, 4.69) is 26.0 Å². The highest BCUT2D eigenvalue weighted by Crippen LogP contribution is 2.22. The number of ether oxygens (including phenoxy) is 1. The lowest BCUT2D eigenvalue weighted by Crippen LogP contribution is -2.41. The molecule has 0 aromatic carbocycles. The highest BCUT2D eigenvalue weighted by atomic mass is 79.9. The third kappa shape index (κ3) is 2.65. The minimum absolute atomic E-state index is 0.0117. The number of halogens is 2. The van der Waals surface area contributed by atoms with Gasteiger partial charge in [-0.25, -0.2) is 9.50 Å². The number of rotatable bonds is 2. The molecule has 6 nitrogen and oxygen atoms in total. The number of carbonyl (C=O) groups is 1. The molecule has 3 heterocycles. The number of nitrogens with zero attached hydrogens (tertiary/aromatic N) is 4. The maximum atomic E-state index is 12.2. The molecule has 0 atom stereocenters. The van der Waals surface area contributed by atoms with E-state index < -0.39 is 0 Å². The average Bonchev–Trinajstić information content (AvgIpc) is 2.75. The number of carbonyl (C=O) groups excluding carboxylic acids is 1. The van der Waals surface area contributed by atoms with E-state index in [9.17, 15) is 4.79 Å². The monoisotopic (exact) mass is 358 g/mol. The second kappa shape index (κ2) is 5.67. The van der Waals surface area contributed by atoms with Crippen molar-refractivity contribution in [1.82, 2.24) is 19.5 Å². The molecule has 1 saturated heterocycles. The zero-order valence-corrected chi connectivity index (χ0v) is 12.9. The summed E-state index contributed by atoms with van der Waals surface area (Å²) in [5.41, 5.74) is 1.11. The Labute approximate surface area is 128 Å². The molecule has 0 aliphatic carbocycles. The molecule has 1 aliphatic rings. The third-order valence-corrected chi connectivity index (χ3v) is 3.93. The molecule has 0 saturated carbocycles. The molecule has 8 heteroatoms. The Bertz CT molecular complexity index is 654. The lowest BCUT2D eigenvalue weighted by Gasteiger charge is -2.26. The van der Waals surface area contributed by atoms with Gasteiger partial charge in [0.2, 0.25) is 5.91 Å². The van der Waals surface area contributed by atoms with Crippen LogP contribution in [0, 0.1) is 0 Å². The van der Waals surface area contributed by atoms with Crippen molar-refractivity contribution in [2.45, 2.75) is 6.42 Å². The van der Waals surface area contributed by atoms with Crippen LogP contribution in [-0.2, 0) is 16.0 Å². The van der Waals surface area contributed by atoms with Gasteiger partial charge < -0.3 is 9.64 Å². The van der Waals surface area contributed by atoms with Crippen molar-refractivity contribution < 1.29 is 9.53 Å². The smallest absolute Gasteiger partial charge is 0.228 e. The Morgan fingerprint density at radius 3 is 2.95 bits per heavy atom. The Hall–Kier alpha value is -1.18. The Morgan fingerprint density at radius 1 is 1.45 bits per heavy atom. The fourth-order valence-electron chi connectivity index (χ4n) is 2.11. The van der Waals surface area contributed by atoms with Crippen LogP contribution < -0.4 is 0 Å². The van der Waals surface area contributed by atoms with Crippen LogP contribution in [0.3, 0.4) is 0 Å². The molecule has 0 spiro atoms. The van der Waals surface area contributed by atoms with Crippen LogP contribution in [0.5, 0.6) is 0 Å². The summed E-state index contributed by atoms with van der Waals surface area (Å²) in [7, 11) is 0. The summed E-state index contributed by atoms with van der Waals surface area (Å²) >= 11 is 9.56. The van der Waals surface area contributed by atoms with Crippen molar-refractivity contribution in [3.8, 4) is 0 Å². The topological polar surface area (TPSA) is 59.7 Å². The first kappa shape index (κ1) is 13.8. The predicted molar refractivity (Wildman–Crippen MR) is 76.8 cm³/mol. The summed E-state index contributed by atoms with van der Waals surface area (Å²) in [6, 6.07) is 0. The number of morpholine rings is 1. The molecule has 0 N–H and O–H groups in total. The van der Waals surface area contributed by atoms with Gasteiger partial charge in [0.05, 0.1) is 29.8 Å². The Kier molecular flexibility index (Phi) is 3.91. The van der Waals surface area contributed by atoms with Gasteiger partial charge in [0, 0.05) is 25.5 Å². The fourth-order valence-corrected chi connectivity index (χ4v) is 2.65. The molecule has 0 unspecified atom stereocenters. The zero-order valence-electron chi connectivity index (χ0n) is 10.6. The summed E-state index contributed by atoms with van der Waals surface area (Å²) in [5.74, 6) is 0.0117. The number of amides is 1. The van der Waals surface area contributed by atoms with Crippen molar-refractivity contribution in [2.75, 3.05) is 26.3 Å². The molecular formula is C12H12BrClN4O2. The summed E-state index contributed by atoms with van der Waals surface area (Å²) in [6.45, 7) is 2.40. The van der Waals surface area contributed by atoms with E-state index in [-0.39, 0.29) is 12.3 Å². The van der Waals surface area contributed by atoms with Crippen LogP contribution >= 0.6 is 27.5 Å². The molecule has 1 aliphatic heterocycles. The molecule has 3 rings (SSSR count). The van der Waals surface area contributed by atoms with Gasteiger partial charge >= 0.3 is 0 Å². The van der Waals surface area contributed by atoms with E-state index >= 15 is 0 Å². The minimum atomic E-state index is 0.0117. The van der Waals surface area contributed by atoms with Crippen LogP contribution in [0.25, 0.3) is 5.65 Å². The maximum Gasteiger partial charge on any atom is 0.228 e. The highest BCUT2D eigenvalue weighted by Gasteiger charge is 2.21. The fraction of sp³-hybridized carbons (Fsp3) is 0.417. The van der Waals surface area contributed by atoms with Crippen molar-refractivity contribution >= 4 is 39.1 Å². The largest absolute Gasteiger partial charge is 0.378 e. The summed E-state index contributed by atoms with van der Waals surface area (Å²) in [6.07, 6.45) is 3.59. The van der Waals surface area contributed by atoms with Crippen LogP contribution in [0.2, 0.25) is 5.02 Å². The quantitative estimate of drug-likeness (QED) is 0.816. The molecule has 1 amide bonds. The van der Waals surface area contributed by atoms with Gasteiger partial charge in [0.1, 0.15) is 5.02 Å². The first-order valence-corrected chi connectivity index (χ1v) is 7.36. The highest BCUT2D eigenvalue weighted by molar-refractivity contribution is 9.10. The molecule has 0 radical (unpaired) electrons. The Morgan fingerprint density at radius 2 is 2.20 bits per heavy atom. The minimum Gasteiger partial charge on any atom is -0.378 e. The molecular weight excluding hydrogens is 348 g/mol. The van der Waals surface area contributed by atoms with E-state index in [1.54, 1.807) is 21.8 Å². The number of hydrogen-bond donors (Lipinski definition) is 0. The van der Waals surface area contributed by atoms with Crippen molar-refractivity contribution in [1.29, 1.82) is 0 Å². The van der Waals surface area contributed by atoms with Crippen molar-refractivity contribution in [3.63, 3.8) is 0 Å². The first-order valence-electron chi connectivity index (χ1n) is 6.19. The summed E-state index contributed by atoms with van der Waals surface area (Å²) in [5, 5.41) is 4.75. The molecule has 2 aromatic rings. The van der Waals surface area contributed by atoms with Gasteiger partial charge in [-0.05, 0) is 15.9 Å². The molecule has 1 fully saturated rings. The van der Waals surface area contributed by atoms with E-state index in [1.165, 1.54) is 0 Å². The standard InChI is InChI=1S/C12H12BrClN4O2/c13-8-6-15-12-11(14)9(16-18(12)7-8)5-10(19)17-1-3-20-4-2-17/h6-7H,1-5H2. The molecule has 106 valence electrons. The second-order valence-corrected chi connectivity index (χ2v) is 5.76. The van der Waals surface area contributed by atoms with Crippen LogP contribution in [-0.4, -0.2) is 51.7 Å². The van der Waals surface area contributed by atoms with E-state index in [4.69, 9.17) is 16.3 Å². The summed E-state index contributed by atoms with van der Waals surface area (Å²) < 4.78 is 7.61. The molecule has 0 bridgehead atoms. The number of fused-ring (bicyclic) bond motifs is 1. The van der Waals surface area contributed by atoms with Gasteiger partial charge in [-0.2, -0.15) is 5.10 Å². The van der Waals surface area contributed by atoms with Crippen LogP contribution in [0.15, 0.2) is 16.9 Å². The van der Waals surface area contributed by atoms with E-state index in [0.717, 1.165) is 4.47 Å². The van der Waals surface area contributed by atoms with Gasteiger partial charge in [0.15, 0.2) is 5.65 Å². The third-order valence-electron chi connectivity index (χ3n) is 3.13. The SMILES string of the molecule is O=C(Cc1nn2cc(Br)cnc2c1Cl)N1CCOCC1. The van der Waals surface area contributed by atoms with Gasteiger partial charge in [0.25, 0.3) is 0 Å². The van der Waals surface area contributed by atoms with Crippen LogP contribution in [0.1, 0.15) is 5.69 Å². The normalized spacial score (nSPS) is 15.8. The van der Waals surface area contributed by atoms with Crippen LogP contribution in [0.4, 0.5) is 0 Å². The average molecular weight is 360 g/mol.